The van der Waals surface area contributed by atoms with Crippen LogP contribution >= 0.6 is 0 Å². The second-order valence-corrected chi connectivity index (χ2v) is 10.8. The van der Waals surface area contributed by atoms with Crippen molar-refractivity contribution in [3.05, 3.63) is 11.6 Å². The Morgan fingerprint density at radius 2 is 1.42 bits per heavy atom. The third-order valence-corrected chi connectivity index (χ3v) is 6.88. The summed E-state index contributed by atoms with van der Waals surface area (Å²) < 4.78 is 10.9. The maximum Gasteiger partial charge on any atom is 0.186 e. The van der Waals surface area contributed by atoms with Crippen molar-refractivity contribution in [1.29, 1.82) is 0 Å². The van der Waals surface area contributed by atoms with Crippen LogP contribution in [-0.4, -0.2) is 64.3 Å². The van der Waals surface area contributed by atoms with Gasteiger partial charge in [-0.3, -0.25) is 0 Å². The largest absolute Gasteiger partial charge is 0.394 e. The average Bonchev–Trinajstić information content (AvgIpc) is 2.76. The first kappa shape index (κ1) is 30.5. The third-order valence-electron chi connectivity index (χ3n) is 6.88. The van der Waals surface area contributed by atoms with Gasteiger partial charge in [-0.05, 0) is 43.9 Å². The van der Waals surface area contributed by atoms with Crippen molar-refractivity contribution in [2.45, 2.75) is 130 Å². The lowest BCUT2D eigenvalue weighted by atomic mass is 9.91. The molecule has 0 aromatic heterocycles. The molecule has 3 unspecified atom stereocenters. The minimum atomic E-state index is -1.40. The fourth-order valence-corrected chi connectivity index (χ4v) is 4.50. The molecule has 196 valence electrons. The van der Waals surface area contributed by atoms with Gasteiger partial charge in [0.2, 0.25) is 0 Å². The number of hydrogen-bond donors (Lipinski definition) is 4. The predicted molar refractivity (Wildman–Crippen MR) is 133 cm³/mol. The Kier molecular flexibility index (Phi) is 15.7. The van der Waals surface area contributed by atoms with Crippen molar-refractivity contribution in [2.24, 2.45) is 17.8 Å². The summed E-state index contributed by atoms with van der Waals surface area (Å²) in [4.78, 5) is 0. The van der Waals surface area contributed by atoms with Gasteiger partial charge in [0.05, 0.1) is 13.2 Å². The summed E-state index contributed by atoms with van der Waals surface area (Å²) in [6.45, 7) is 11.4. The zero-order chi connectivity index (χ0) is 24.8. The van der Waals surface area contributed by atoms with E-state index in [2.05, 4.69) is 40.7 Å². The number of aliphatic hydroxyl groups is 4. The maximum atomic E-state index is 9.99. The molecule has 7 atom stereocenters. The fraction of sp³-hybridized carbons (Fsp3) is 0.926. The van der Waals surface area contributed by atoms with E-state index in [4.69, 9.17) is 9.47 Å². The van der Waals surface area contributed by atoms with E-state index in [9.17, 15) is 20.4 Å². The molecular weight excluding hydrogens is 420 g/mol. The van der Waals surface area contributed by atoms with Crippen LogP contribution in [0.5, 0.6) is 0 Å². The van der Waals surface area contributed by atoms with Crippen molar-refractivity contribution in [3.8, 4) is 0 Å². The first-order chi connectivity index (χ1) is 15.6. The summed E-state index contributed by atoms with van der Waals surface area (Å²) in [6.07, 6.45) is 8.42. The van der Waals surface area contributed by atoms with E-state index in [1.165, 1.54) is 56.9 Å². The van der Waals surface area contributed by atoms with E-state index >= 15 is 0 Å². The Hall–Kier alpha value is -0.500. The van der Waals surface area contributed by atoms with Crippen molar-refractivity contribution in [2.75, 3.05) is 13.2 Å². The zero-order valence-electron chi connectivity index (χ0n) is 21.8. The van der Waals surface area contributed by atoms with E-state index in [1.807, 2.05) is 0 Å². The Labute approximate surface area is 202 Å². The van der Waals surface area contributed by atoms with Crippen molar-refractivity contribution < 1.29 is 29.9 Å². The van der Waals surface area contributed by atoms with Crippen LogP contribution in [0, 0.1) is 17.8 Å². The second kappa shape index (κ2) is 17.0. The van der Waals surface area contributed by atoms with Crippen molar-refractivity contribution in [1.82, 2.24) is 0 Å². The molecule has 0 amide bonds. The van der Waals surface area contributed by atoms with Crippen LogP contribution in [0.1, 0.15) is 98.8 Å². The van der Waals surface area contributed by atoms with Crippen LogP contribution in [0.2, 0.25) is 0 Å². The van der Waals surface area contributed by atoms with Gasteiger partial charge in [0.25, 0.3) is 0 Å². The molecule has 4 N–H and O–H groups in total. The minimum Gasteiger partial charge on any atom is -0.394 e. The molecule has 1 aliphatic heterocycles. The molecule has 0 aliphatic carbocycles. The van der Waals surface area contributed by atoms with E-state index < -0.39 is 37.3 Å². The highest BCUT2D eigenvalue weighted by Gasteiger charge is 2.43. The molecule has 1 saturated heterocycles. The molecule has 0 radical (unpaired) electrons. The van der Waals surface area contributed by atoms with Gasteiger partial charge in [0, 0.05) is 0 Å². The molecule has 33 heavy (non-hydrogen) atoms. The van der Waals surface area contributed by atoms with Crippen LogP contribution < -0.4 is 0 Å². The van der Waals surface area contributed by atoms with Gasteiger partial charge < -0.3 is 29.9 Å². The topological polar surface area (TPSA) is 99.4 Å². The maximum absolute atomic E-state index is 9.99. The standard InChI is InChI=1S/C27H52O6/c1-19(2)10-6-11-20(3)12-7-13-21(4)14-8-15-22(5)16-9-17-32-27-26(31)25(30)24(29)23(18-28)33-27/h16,19-21,23-31H,6-15,17-18H2,1-5H3/t20?,21?,23-,24-,25+,26-,27?/m1/s1. The van der Waals surface area contributed by atoms with Gasteiger partial charge in [-0.15, -0.1) is 0 Å². The average molecular weight is 473 g/mol. The van der Waals surface area contributed by atoms with E-state index in [0.717, 1.165) is 24.2 Å². The lowest BCUT2D eigenvalue weighted by Gasteiger charge is -2.39. The molecule has 1 rings (SSSR count). The first-order valence-electron chi connectivity index (χ1n) is 13.2. The third kappa shape index (κ3) is 12.7. The number of ether oxygens (including phenoxy) is 2. The summed E-state index contributed by atoms with van der Waals surface area (Å²) in [6, 6.07) is 0. The van der Waals surface area contributed by atoms with Gasteiger partial charge in [0.15, 0.2) is 6.29 Å². The Bertz CT molecular complexity index is 521. The number of aliphatic hydroxyl groups excluding tert-OH is 4. The lowest BCUT2D eigenvalue weighted by molar-refractivity contribution is -0.300. The summed E-state index contributed by atoms with van der Waals surface area (Å²) >= 11 is 0. The van der Waals surface area contributed by atoms with Gasteiger partial charge >= 0.3 is 0 Å². The summed E-state index contributed by atoms with van der Waals surface area (Å²) in [5, 5.41) is 38.8. The molecule has 6 heteroatoms. The summed E-state index contributed by atoms with van der Waals surface area (Å²) in [7, 11) is 0. The van der Waals surface area contributed by atoms with Crippen molar-refractivity contribution in [3.63, 3.8) is 0 Å². The molecule has 0 saturated carbocycles. The molecule has 1 heterocycles. The van der Waals surface area contributed by atoms with E-state index in [-0.39, 0.29) is 0 Å². The minimum absolute atomic E-state index is 0.339. The molecule has 0 bridgehead atoms. The highest BCUT2D eigenvalue weighted by Crippen LogP contribution is 2.23. The molecule has 0 spiro atoms. The van der Waals surface area contributed by atoms with Gasteiger partial charge in [-0.25, -0.2) is 0 Å². The first-order valence-corrected chi connectivity index (χ1v) is 13.2. The van der Waals surface area contributed by atoms with Gasteiger partial charge in [0.1, 0.15) is 24.4 Å². The number of rotatable bonds is 17. The van der Waals surface area contributed by atoms with Crippen molar-refractivity contribution >= 4 is 0 Å². The van der Waals surface area contributed by atoms with Crippen LogP contribution in [-0.2, 0) is 9.47 Å². The van der Waals surface area contributed by atoms with Crippen LogP contribution in [0.25, 0.3) is 0 Å². The van der Waals surface area contributed by atoms with Gasteiger partial charge in [-0.2, -0.15) is 0 Å². The fourth-order valence-electron chi connectivity index (χ4n) is 4.50. The Balaban J connectivity index is 2.13. The van der Waals surface area contributed by atoms with E-state index in [0.29, 0.717) is 13.0 Å². The lowest BCUT2D eigenvalue weighted by Crippen LogP contribution is -2.59. The molecule has 0 aromatic rings. The Morgan fingerprint density at radius 1 is 0.848 bits per heavy atom. The molecule has 1 fully saturated rings. The highest BCUT2D eigenvalue weighted by molar-refractivity contribution is 4.97. The van der Waals surface area contributed by atoms with E-state index in [1.54, 1.807) is 0 Å². The summed E-state index contributed by atoms with van der Waals surface area (Å²) in [5.74, 6) is 2.45. The van der Waals surface area contributed by atoms with Crippen LogP contribution in [0.15, 0.2) is 11.6 Å². The monoisotopic (exact) mass is 472 g/mol. The zero-order valence-corrected chi connectivity index (χ0v) is 21.8. The normalized spacial score (nSPS) is 28.3. The second-order valence-electron chi connectivity index (χ2n) is 10.8. The number of hydrogen-bond acceptors (Lipinski definition) is 6. The molecule has 1 aliphatic rings. The highest BCUT2D eigenvalue weighted by atomic mass is 16.7. The van der Waals surface area contributed by atoms with Crippen LogP contribution in [0.3, 0.4) is 0 Å². The Morgan fingerprint density at radius 3 is 2.00 bits per heavy atom. The van der Waals surface area contributed by atoms with Crippen LogP contribution in [0.4, 0.5) is 0 Å². The quantitative estimate of drug-likeness (QED) is 0.183. The smallest absolute Gasteiger partial charge is 0.186 e. The summed E-state index contributed by atoms with van der Waals surface area (Å²) in [5.41, 5.74) is 1.33. The SMILES string of the molecule is CC(=CCCOC1O[C@H](CO)[C@@H](O)[C@H](O)[C@H]1O)CCCC(C)CCCC(C)CCCC(C)C. The molecule has 0 aromatic carbocycles. The molecular formula is C27H52O6. The number of allylic oxidation sites excluding steroid dienone is 1. The predicted octanol–water partition coefficient (Wildman–Crippen LogP) is 4.58. The molecule has 6 nitrogen and oxygen atoms in total. The van der Waals surface area contributed by atoms with Gasteiger partial charge in [-0.1, -0.05) is 84.3 Å².